The van der Waals surface area contributed by atoms with Crippen molar-refractivity contribution in [1.82, 2.24) is 19.4 Å². The van der Waals surface area contributed by atoms with Crippen LogP contribution in [-0.2, 0) is 11.3 Å². The molecule has 0 unspecified atom stereocenters. The first-order valence-corrected chi connectivity index (χ1v) is 7.50. The van der Waals surface area contributed by atoms with Crippen LogP contribution in [0.5, 0.6) is 0 Å². The van der Waals surface area contributed by atoms with Gasteiger partial charge in [0.2, 0.25) is 0 Å². The lowest BCUT2D eigenvalue weighted by atomic mass is 9.97. The van der Waals surface area contributed by atoms with Crippen LogP contribution in [0.2, 0.25) is 0 Å². The highest BCUT2D eigenvalue weighted by atomic mass is 16.5. The van der Waals surface area contributed by atoms with Gasteiger partial charge in [-0.3, -0.25) is 4.98 Å². The van der Waals surface area contributed by atoms with Crippen LogP contribution in [0.4, 0.5) is 4.79 Å². The van der Waals surface area contributed by atoms with Crippen LogP contribution in [-0.4, -0.2) is 45.7 Å². The molecule has 1 saturated heterocycles. The maximum atomic E-state index is 11.7. The van der Waals surface area contributed by atoms with Crippen LogP contribution < -0.4 is 0 Å². The third-order valence-electron chi connectivity index (χ3n) is 4.07. The van der Waals surface area contributed by atoms with E-state index in [4.69, 9.17) is 4.74 Å². The number of methoxy groups -OCH3 is 1. The van der Waals surface area contributed by atoms with Gasteiger partial charge in [0.15, 0.2) is 0 Å². The van der Waals surface area contributed by atoms with Gasteiger partial charge in [0.25, 0.3) is 0 Å². The summed E-state index contributed by atoms with van der Waals surface area (Å²) in [6.07, 6.45) is 9.18. The molecule has 0 spiro atoms. The van der Waals surface area contributed by atoms with Crippen molar-refractivity contribution in [3.63, 3.8) is 0 Å². The largest absolute Gasteiger partial charge is 0.453 e. The number of carbonyl (C=O) groups is 1. The number of ether oxygens (including phenoxy) is 1. The molecule has 116 valence electrons. The molecule has 0 bridgehead atoms. The molecule has 1 fully saturated rings. The summed E-state index contributed by atoms with van der Waals surface area (Å²) in [5.41, 5.74) is 1.19. The van der Waals surface area contributed by atoms with E-state index >= 15 is 0 Å². The van der Waals surface area contributed by atoms with E-state index in [1.165, 1.54) is 12.7 Å². The molecule has 2 aromatic heterocycles. The Bertz CT molecular complexity index is 626. The molecule has 1 aliphatic rings. The van der Waals surface area contributed by atoms with Gasteiger partial charge in [0.1, 0.15) is 5.82 Å². The van der Waals surface area contributed by atoms with Gasteiger partial charge in [0.05, 0.1) is 7.11 Å². The average molecular weight is 300 g/mol. The van der Waals surface area contributed by atoms with Crippen molar-refractivity contribution in [3.05, 3.63) is 48.3 Å². The lowest BCUT2D eigenvalue weighted by molar-refractivity contribution is 0.110. The number of hydrogen-bond donors (Lipinski definition) is 0. The van der Waals surface area contributed by atoms with Crippen molar-refractivity contribution in [1.29, 1.82) is 0 Å². The van der Waals surface area contributed by atoms with Crippen molar-refractivity contribution in [2.45, 2.75) is 25.3 Å². The van der Waals surface area contributed by atoms with E-state index in [0.29, 0.717) is 6.54 Å². The number of aromatic nitrogens is 3. The number of rotatable bonds is 3. The minimum atomic E-state index is -0.253. The minimum Gasteiger partial charge on any atom is -0.453 e. The quantitative estimate of drug-likeness (QED) is 0.872. The molecule has 3 heterocycles. The number of amides is 1. The second kappa shape index (κ2) is 6.60. The zero-order valence-corrected chi connectivity index (χ0v) is 12.7. The number of piperidine rings is 1. The third kappa shape index (κ3) is 3.10. The van der Waals surface area contributed by atoms with Crippen LogP contribution in [0.25, 0.3) is 0 Å². The van der Waals surface area contributed by atoms with Crippen LogP contribution in [0.3, 0.4) is 0 Å². The monoisotopic (exact) mass is 300 g/mol. The molecule has 6 nitrogen and oxygen atoms in total. The Morgan fingerprint density at radius 1 is 1.36 bits per heavy atom. The summed E-state index contributed by atoms with van der Waals surface area (Å²) in [4.78, 5) is 22.1. The van der Waals surface area contributed by atoms with E-state index in [-0.39, 0.29) is 12.0 Å². The van der Waals surface area contributed by atoms with Gasteiger partial charge in [-0.05, 0) is 30.5 Å². The molecule has 3 rings (SSSR count). The number of carbonyl (C=O) groups excluding carboxylic acids is 1. The van der Waals surface area contributed by atoms with Crippen molar-refractivity contribution < 1.29 is 9.53 Å². The van der Waals surface area contributed by atoms with Crippen LogP contribution >= 0.6 is 0 Å². The second-order valence-electron chi connectivity index (χ2n) is 5.52. The van der Waals surface area contributed by atoms with Crippen LogP contribution in [0, 0.1) is 0 Å². The summed E-state index contributed by atoms with van der Waals surface area (Å²) in [6, 6.07) is 4.01. The first kappa shape index (κ1) is 14.6. The number of imidazole rings is 1. The van der Waals surface area contributed by atoms with Crippen molar-refractivity contribution in [3.8, 4) is 0 Å². The molecule has 0 aromatic carbocycles. The zero-order valence-electron chi connectivity index (χ0n) is 12.7. The predicted octanol–water partition coefficient (Wildman–Crippen LogP) is 2.27. The van der Waals surface area contributed by atoms with E-state index in [2.05, 4.69) is 14.5 Å². The number of hydrogen-bond acceptors (Lipinski definition) is 4. The van der Waals surface area contributed by atoms with E-state index in [0.717, 1.165) is 31.8 Å². The Balaban J connectivity index is 1.75. The maximum absolute atomic E-state index is 11.7. The lowest BCUT2D eigenvalue weighted by Gasteiger charge is -2.31. The minimum absolute atomic E-state index is 0.253. The number of pyridine rings is 1. The van der Waals surface area contributed by atoms with Crippen LogP contribution in [0.15, 0.2) is 36.9 Å². The highest BCUT2D eigenvalue weighted by Crippen LogP contribution is 2.26. The summed E-state index contributed by atoms with van der Waals surface area (Å²) < 4.78 is 6.99. The van der Waals surface area contributed by atoms with Gasteiger partial charge in [-0.25, -0.2) is 9.78 Å². The molecule has 2 aromatic rings. The molecule has 22 heavy (non-hydrogen) atoms. The highest BCUT2D eigenvalue weighted by molar-refractivity contribution is 5.67. The fraction of sp³-hybridized carbons (Fsp3) is 0.438. The summed E-state index contributed by atoms with van der Waals surface area (Å²) >= 11 is 0. The summed E-state index contributed by atoms with van der Waals surface area (Å²) in [5.74, 6) is 1.29. The molecule has 6 heteroatoms. The summed E-state index contributed by atoms with van der Waals surface area (Å²) in [6.45, 7) is 2.20. The zero-order chi connectivity index (χ0) is 15.4. The number of nitrogens with zero attached hydrogens (tertiary/aromatic N) is 4. The predicted molar refractivity (Wildman–Crippen MR) is 81.5 cm³/mol. The standard InChI is InChI=1S/C16H20N4O2/c1-22-16(21)20-9-2-3-14(12-20)15-18-8-10-19(15)11-13-4-6-17-7-5-13/h4-8,10,14H,2-3,9,11-12H2,1H3/t14-/m1/s1. The van der Waals surface area contributed by atoms with Gasteiger partial charge >= 0.3 is 6.09 Å². The van der Waals surface area contributed by atoms with Crippen LogP contribution in [0.1, 0.15) is 30.1 Å². The fourth-order valence-corrected chi connectivity index (χ4v) is 2.98. The van der Waals surface area contributed by atoms with Crippen molar-refractivity contribution in [2.24, 2.45) is 0 Å². The Morgan fingerprint density at radius 3 is 2.95 bits per heavy atom. The number of likely N-dealkylation sites (tertiary alicyclic amines) is 1. The van der Waals surface area contributed by atoms with Gasteiger partial charge < -0.3 is 14.2 Å². The van der Waals surface area contributed by atoms with E-state index in [1.807, 2.05) is 24.5 Å². The summed E-state index contributed by atoms with van der Waals surface area (Å²) in [5, 5.41) is 0. The normalized spacial score (nSPS) is 18.2. The molecule has 0 aliphatic carbocycles. The smallest absolute Gasteiger partial charge is 0.409 e. The highest BCUT2D eigenvalue weighted by Gasteiger charge is 2.27. The Hall–Kier alpha value is -2.37. The lowest BCUT2D eigenvalue weighted by Crippen LogP contribution is -2.39. The van der Waals surface area contributed by atoms with E-state index in [9.17, 15) is 4.79 Å². The first-order chi connectivity index (χ1) is 10.8. The third-order valence-corrected chi connectivity index (χ3v) is 4.07. The van der Waals surface area contributed by atoms with Crippen molar-refractivity contribution in [2.75, 3.05) is 20.2 Å². The van der Waals surface area contributed by atoms with Gasteiger partial charge in [-0.15, -0.1) is 0 Å². The topological polar surface area (TPSA) is 60.2 Å². The Labute approximate surface area is 129 Å². The molecule has 0 radical (unpaired) electrons. The molecule has 1 amide bonds. The molecular weight excluding hydrogens is 280 g/mol. The molecule has 0 saturated carbocycles. The average Bonchev–Trinajstić information content (AvgIpc) is 3.03. The van der Waals surface area contributed by atoms with E-state index < -0.39 is 0 Å². The summed E-state index contributed by atoms with van der Waals surface area (Å²) in [7, 11) is 1.43. The molecular formula is C16H20N4O2. The first-order valence-electron chi connectivity index (χ1n) is 7.50. The van der Waals surface area contributed by atoms with Gasteiger partial charge in [0, 0.05) is 50.3 Å². The van der Waals surface area contributed by atoms with Gasteiger partial charge in [-0.2, -0.15) is 0 Å². The Morgan fingerprint density at radius 2 is 2.18 bits per heavy atom. The van der Waals surface area contributed by atoms with Gasteiger partial charge in [-0.1, -0.05) is 0 Å². The van der Waals surface area contributed by atoms with E-state index in [1.54, 1.807) is 17.3 Å². The molecule has 1 aliphatic heterocycles. The maximum Gasteiger partial charge on any atom is 0.409 e. The second-order valence-corrected chi connectivity index (χ2v) is 5.52. The fourth-order valence-electron chi connectivity index (χ4n) is 2.98. The van der Waals surface area contributed by atoms with Crippen molar-refractivity contribution >= 4 is 6.09 Å². The molecule has 1 atom stereocenters. The Kier molecular flexibility index (Phi) is 4.37. The SMILES string of the molecule is COC(=O)N1CCC[C@@H](c2nccn2Cc2ccncc2)C1. The molecule has 0 N–H and O–H groups in total.